The molecule has 0 radical (unpaired) electrons. The Kier molecular flexibility index (Phi) is 4.94. The number of hydrogen-bond acceptors (Lipinski definition) is 6. The van der Waals surface area contributed by atoms with Gasteiger partial charge in [0.25, 0.3) is 5.91 Å². The minimum absolute atomic E-state index is 0.132. The number of hydrogen-bond donors (Lipinski definition) is 1. The van der Waals surface area contributed by atoms with E-state index >= 15 is 0 Å². The number of aryl methyl sites for hydroxylation is 1. The van der Waals surface area contributed by atoms with Gasteiger partial charge in [0.1, 0.15) is 0 Å². The van der Waals surface area contributed by atoms with Crippen molar-refractivity contribution in [3.8, 4) is 0 Å². The van der Waals surface area contributed by atoms with Crippen molar-refractivity contribution in [2.45, 2.75) is 25.4 Å². The van der Waals surface area contributed by atoms with Gasteiger partial charge in [0, 0.05) is 37.9 Å². The number of anilines is 1. The number of carbonyl (C=O) groups excluding carboxylic acids is 1. The van der Waals surface area contributed by atoms with Crippen LogP contribution in [0.5, 0.6) is 0 Å². The SMILES string of the molecule is Cc1ncccc1C(=O)N(C)CC1(O)CCCN(c2ncccn2)C1. The fraction of sp³-hybridized carbons (Fsp3) is 0.444. The second kappa shape index (κ2) is 7.14. The number of aromatic nitrogens is 3. The molecule has 0 aliphatic carbocycles. The molecule has 1 atom stereocenters. The van der Waals surface area contributed by atoms with E-state index in [0.717, 1.165) is 13.0 Å². The highest BCUT2D eigenvalue weighted by atomic mass is 16.3. The molecule has 1 aliphatic heterocycles. The molecule has 1 fully saturated rings. The first-order chi connectivity index (χ1) is 12.0. The van der Waals surface area contributed by atoms with Crippen LogP contribution in [-0.4, -0.2) is 63.1 Å². The molecule has 1 aliphatic rings. The summed E-state index contributed by atoms with van der Waals surface area (Å²) in [5, 5.41) is 11.0. The monoisotopic (exact) mass is 341 g/mol. The van der Waals surface area contributed by atoms with E-state index in [2.05, 4.69) is 15.0 Å². The molecule has 1 N–H and O–H groups in total. The molecular weight excluding hydrogens is 318 g/mol. The first-order valence-corrected chi connectivity index (χ1v) is 8.40. The first-order valence-electron chi connectivity index (χ1n) is 8.40. The summed E-state index contributed by atoms with van der Waals surface area (Å²) in [6, 6.07) is 5.27. The number of rotatable bonds is 4. The Labute approximate surface area is 147 Å². The molecule has 1 unspecified atom stereocenters. The zero-order valence-corrected chi connectivity index (χ0v) is 14.6. The topological polar surface area (TPSA) is 82.5 Å². The molecule has 0 spiro atoms. The van der Waals surface area contributed by atoms with Crippen molar-refractivity contribution in [2.24, 2.45) is 0 Å². The summed E-state index contributed by atoms with van der Waals surface area (Å²) in [6.07, 6.45) is 6.51. The smallest absolute Gasteiger partial charge is 0.255 e. The van der Waals surface area contributed by atoms with Gasteiger partial charge in [-0.25, -0.2) is 9.97 Å². The molecule has 7 heteroatoms. The molecule has 3 rings (SSSR count). The van der Waals surface area contributed by atoms with Crippen LogP contribution in [0, 0.1) is 6.92 Å². The number of β-amino-alcohol motifs (C(OH)–C–C–N with tert-alkyl or cyclic N) is 1. The molecule has 0 aromatic carbocycles. The second-order valence-electron chi connectivity index (χ2n) is 6.60. The van der Waals surface area contributed by atoms with Gasteiger partial charge in [-0.05, 0) is 38.0 Å². The number of piperidine rings is 1. The van der Waals surface area contributed by atoms with Gasteiger partial charge in [-0.3, -0.25) is 9.78 Å². The van der Waals surface area contributed by atoms with Crippen LogP contribution in [0.1, 0.15) is 28.9 Å². The van der Waals surface area contributed by atoms with E-state index in [4.69, 9.17) is 0 Å². The molecule has 2 aromatic heterocycles. The summed E-state index contributed by atoms with van der Waals surface area (Å²) in [5.74, 6) is 0.477. The summed E-state index contributed by atoms with van der Waals surface area (Å²) >= 11 is 0. The average Bonchev–Trinajstić information content (AvgIpc) is 2.62. The standard InChI is InChI=1S/C18H23N5O2/c1-14-15(6-3-8-19-14)16(24)22(2)12-18(25)7-4-11-23(13-18)17-20-9-5-10-21-17/h3,5-6,8-10,25H,4,7,11-13H2,1-2H3. The van der Waals surface area contributed by atoms with Gasteiger partial charge in [-0.2, -0.15) is 0 Å². The Morgan fingerprint density at radius 2 is 2.00 bits per heavy atom. The molecule has 132 valence electrons. The predicted molar refractivity (Wildman–Crippen MR) is 94.4 cm³/mol. The molecule has 0 bridgehead atoms. The largest absolute Gasteiger partial charge is 0.386 e. The van der Waals surface area contributed by atoms with Crippen molar-refractivity contribution in [2.75, 3.05) is 31.6 Å². The van der Waals surface area contributed by atoms with Crippen molar-refractivity contribution in [3.05, 3.63) is 48.0 Å². The lowest BCUT2D eigenvalue weighted by Crippen LogP contribution is -2.55. The van der Waals surface area contributed by atoms with Gasteiger partial charge >= 0.3 is 0 Å². The molecular formula is C18H23N5O2. The van der Waals surface area contributed by atoms with E-state index < -0.39 is 5.60 Å². The number of amides is 1. The minimum Gasteiger partial charge on any atom is -0.386 e. The molecule has 7 nitrogen and oxygen atoms in total. The third-order valence-electron chi connectivity index (χ3n) is 4.51. The van der Waals surface area contributed by atoms with Crippen LogP contribution in [0.4, 0.5) is 5.95 Å². The highest BCUT2D eigenvalue weighted by Gasteiger charge is 2.36. The summed E-state index contributed by atoms with van der Waals surface area (Å²) in [4.78, 5) is 28.9. The molecule has 0 saturated carbocycles. The van der Waals surface area contributed by atoms with Crippen molar-refractivity contribution >= 4 is 11.9 Å². The molecule has 3 heterocycles. The van der Waals surface area contributed by atoms with E-state index in [1.807, 2.05) is 11.8 Å². The molecule has 1 saturated heterocycles. The number of likely N-dealkylation sites (N-methyl/N-ethyl adjacent to an activating group) is 1. The summed E-state index contributed by atoms with van der Waals surface area (Å²) in [6.45, 7) is 3.26. The van der Waals surface area contributed by atoms with Gasteiger partial charge < -0.3 is 14.9 Å². The van der Waals surface area contributed by atoms with Gasteiger partial charge in [-0.1, -0.05) is 0 Å². The van der Waals surface area contributed by atoms with E-state index in [1.54, 1.807) is 48.7 Å². The Morgan fingerprint density at radius 3 is 2.72 bits per heavy atom. The Morgan fingerprint density at radius 1 is 1.28 bits per heavy atom. The van der Waals surface area contributed by atoms with Gasteiger partial charge in [0.15, 0.2) is 0 Å². The molecule has 2 aromatic rings. The maximum absolute atomic E-state index is 12.7. The zero-order valence-electron chi connectivity index (χ0n) is 14.6. The second-order valence-corrected chi connectivity index (χ2v) is 6.60. The zero-order chi connectivity index (χ0) is 17.9. The fourth-order valence-corrected chi connectivity index (χ4v) is 3.30. The van der Waals surface area contributed by atoms with Crippen LogP contribution in [0.2, 0.25) is 0 Å². The van der Waals surface area contributed by atoms with E-state index in [1.165, 1.54) is 0 Å². The summed E-state index contributed by atoms with van der Waals surface area (Å²) in [5.41, 5.74) is 0.264. The van der Waals surface area contributed by atoms with Crippen LogP contribution < -0.4 is 4.90 Å². The van der Waals surface area contributed by atoms with Crippen molar-refractivity contribution in [1.29, 1.82) is 0 Å². The number of carbonyl (C=O) groups is 1. The molecule has 25 heavy (non-hydrogen) atoms. The maximum atomic E-state index is 12.7. The van der Waals surface area contributed by atoms with Crippen LogP contribution in [-0.2, 0) is 0 Å². The van der Waals surface area contributed by atoms with Crippen LogP contribution in [0.3, 0.4) is 0 Å². The predicted octanol–water partition coefficient (Wildman–Crippen LogP) is 1.28. The van der Waals surface area contributed by atoms with E-state index in [-0.39, 0.29) is 12.5 Å². The highest BCUT2D eigenvalue weighted by molar-refractivity contribution is 5.95. The van der Waals surface area contributed by atoms with Gasteiger partial charge in [0.2, 0.25) is 5.95 Å². The quantitative estimate of drug-likeness (QED) is 0.902. The lowest BCUT2D eigenvalue weighted by atomic mass is 9.92. The number of pyridine rings is 1. The van der Waals surface area contributed by atoms with Crippen molar-refractivity contribution in [3.63, 3.8) is 0 Å². The Hall–Kier alpha value is -2.54. The van der Waals surface area contributed by atoms with Gasteiger partial charge in [-0.15, -0.1) is 0 Å². The first kappa shape index (κ1) is 17.3. The lowest BCUT2D eigenvalue weighted by molar-refractivity contribution is -0.000332. The summed E-state index contributed by atoms with van der Waals surface area (Å²) < 4.78 is 0. The Balaban J connectivity index is 1.70. The van der Waals surface area contributed by atoms with E-state index in [0.29, 0.717) is 30.2 Å². The number of nitrogens with zero attached hydrogens (tertiary/aromatic N) is 5. The van der Waals surface area contributed by atoms with Gasteiger partial charge in [0.05, 0.1) is 24.3 Å². The van der Waals surface area contributed by atoms with Crippen molar-refractivity contribution in [1.82, 2.24) is 19.9 Å². The Bertz CT molecular complexity index is 739. The van der Waals surface area contributed by atoms with Crippen LogP contribution in [0.25, 0.3) is 0 Å². The minimum atomic E-state index is -0.988. The normalized spacial score (nSPS) is 20.4. The summed E-state index contributed by atoms with van der Waals surface area (Å²) in [7, 11) is 1.71. The van der Waals surface area contributed by atoms with Crippen LogP contribution in [0.15, 0.2) is 36.8 Å². The third-order valence-corrected chi connectivity index (χ3v) is 4.51. The lowest BCUT2D eigenvalue weighted by Gasteiger charge is -2.41. The fourth-order valence-electron chi connectivity index (χ4n) is 3.30. The maximum Gasteiger partial charge on any atom is 0.255 e. The van der Waals surface area contributed by atoms with E-state index in [9.17, 15) is 9.90 Å². The average molecular weight is 341 g/mol. The number of aliphatic hydroxyl groups is 1. The van der Waals surface area contributed by atoms with Crippen molar-refractivity contribution < 1.29 is 9.90 Å². The molecule has 1 amide bonds. The highest BCUT2D eigenvalue weighted by Crippen LogP contribution is 2.25. The van der Waals surface area contributed by atoms with Crippen LogP contribution >= 0.6 is 0 Å². The third kappa shape index (κ3) is 3.93.